The predicted octanol–water partition coefficient (Wildman–Crippen LogP) is 6.30. The van der Waals surface area contributed by atoms with Crippen molar-refractivity contribution < 1.29 is 10.2 Å². The Bertz CT molecular complexity index is 476. The molecule has 1 rings (SSSR count). The lowest BCUT2D eigenvalue weighted by molar-refractivity contribution is 0.419. The molecule has 0 saturated carbocycles. The molecule has 22 heavy (non-hydrogen) atoms. The Morgan fingerprint density at radius 2 is 1.18 bits per heavy atom. The minimum absolute atomic E-state index is 0.355. The van der Waals surface area contributed by atoms with Crippen LogP contribution in [-0.2, 0) is 0 Å². The van der Waals surface area contributed by atoms with Crippen molar-refractivity contribution in [2.24, 2.45) is 0 Å². The Labute approximate surface area is 147 Å². The van der Waals surface area contributed by atoms with Crippen LogP contribution in [-0.4, -0.2) is 27.5 Å². The second kappa shape index (κ2) is 10.6. The minimum Gasteiger partial charge on any atom is -0.506 e. The topological polar surface area (TPSA) is 40.5 Å². The van der Waals surface area contributed by atoms with Gasteiger partial charge in [-0.1, -0.05) is 27.2 Å². The number of aromatic hydroxyl groups is 2. The molecule has 0 bridgehead atoms. The first-order valence-electron chi connectivity index (χ1n) is 8.05. The molecule has 126 valence electrons. The van der Waals surface area contributed by atoms with Crippen molar-refractivity contribution >= 4 is 35.3 Å². The third kappa shape index (κ3) is 5.20. The van der Waals surface area contributed by atoms with Crippen molar-refractivity contribution in [3.05, 3.63) is 5.56 Å². The van der Waals surface area contributed by atoms with Crippen LogP contribution in [0.15, 0.2) is 14.7 Å². The van der Waals surface area contributed by atoms with E-state index in [1.54, 1.807) is 35.3 Å². The van der Waals surface area contributed by atoms with Gasteiger partial charge in [-0.25, -0.2) is 0 Å². The van der Waals surface area contributed by atoms with E-state index in [2.05, 4.69) is 20.8 Å². The lowest BCUT2D eigenvalue weighted by atomic mass is 10.2. The van der Waals surface area contributed by atoms with E-state index in [4.69, 9.17) is 0 Å². The average Bonchev–Trinajstić information content (AvgIpc) is 2.52. The normalized spacial score (nSPS) is 11.1. The minimum atomic E-state index is 0.355. The van der Waals surface area contributed by atoms with Crippen molar-refractivity contribution in [3.8, 4) is 11.5 Å². The van der Waals surface area contributed by atoms with E-state index >= 15 is 0 Å². The van der Waals surface area contributed by atoms with Gasteiger partial charge in [-0.2, -0.15) is 0 Å². The largest absolute Gasteiger partial charge is 0.506 e. The van der Waals surface area contributed by atoms with Gasteiger partial charge in [0.2, 0.25) is 0 Å². The summed E-state index contributed by atoms with van der Waals surface area (Å²) in [6, 6.07) is 0. The Balaban J connectivity index is 3.21. The van der Waals surface area contributed by atoms with E-state index in [1.165, 1.54) is 0 Å². The molecule has 2 nitrogen and oxygen atoms in total. The summed E-state index contributed by atoms with van der Waals surface area (Å²) in [6.45, 7) is 8.34. The number of benzene rings is 1. The maximum Gasteiger partial charge on any atom is 0.144 e. The van der Waals surface area contributed by atoms with Crippen LogP contribution in [0.2, 0.25) is 0 Å². The molecule has 1 aromatic rings. The second-order valence-electron chi connectivity index (χ2n) is 5.21. The van der Waals surface area contributed by atoms with Crippen LogP contribution in [0.4, 0.5) is 0 Å². The second-order valence-corrected chi connectivity index (χ2v) is 8.52. The number of phenolic OH excluding ortho intramolecular Hbond substituents is 2. The van der Waals surface area contributed by atoms with Crippen molar-refractivity contribution in [1.29, 1.82) is 0 Å². The lowest BCUT2D eigenvalue weighted by Gasteiger charge is -2.18. The van der Waals surface area contributed by atoms with Crippen molar-refractivity contribution in [3.63, 3.8) is 0 Å². The molecule has 0 aliphatic rings. The molecule has 0 fully saturated rings. The quantitative estimate of drug-likeness (QED) is 0.291. The van der Waals surface area contributed by atoms with Crippen LogP contribution in [0, 0.1) is 6.92 Å². The summed E-state index contributed by atoms with van der Waals surface area (Å²) >= 11 is 4.97. The molecule has 0 saturated heterocycles. The number of thioether (sulfide) groups is 3. The van der Waals surface area contributed by atoms with E-state index in [0.29, 0.717) is 11.5 Å². The molecule has 0 aliphatic carbocycles. The molecule has 2 N–H and O–H groups in total. The number of hydrogen-bond donors (Lipinski definition) is 2. The highest BCUT2D eigenvalue weighted by Crippen LogP contribution is 2.50. The Hall–Kier alpha value is -0.130. The van der Waals surface area contributed by atoms with Crippen LogP contribution in [0.5, 0.6) is 11.5 Å². The molecule has 0 spiro atoms. The summed E-state index contributed by atoms with van der Waals surface area (Å²) < 4.78 is 0. The highest BCUT2D eigenvalue weighted by molar-refractivity contribution is 8.02. The summed E-state index contributed by atoms with van der Waals surface area (Å²) in [5, 5.41) is 21.3. The maximum atomic E-state index is 10.7. The molecule has 0 radical (unpaired) electrons. The monoisotopic (exact) mass is 360 g/mol. The summed E-state index contributed by atoms with van der Waals surface area (Å²) in [4.78, 5) is 2.57. The summed E-state index contributed by atoms with van der Waals surface area (Å²) in [6.07, 6.45) is 4.36. The Morgan fingerprint density at radius 1 is 0.682 bits per heavy atom. The van der Waals surface area contributed by atoms with Gasteiger partial charge < -0.3 is 10.2 Å². The van der Waals surface area contributed by atoms with Crippen molar-refractivity contribution in [2.75, 3.05) is 17.3 Å². The molecular weight excluding hydrogens is 332 g/mol. The first-order valence-corrected chi connectivity index (χ1v) is 11.0. The third-order valence-corrected chi connectivity index (χ3v) is 7.20. The van der Waals surface area contributed by atoms with Crippen molar-refractivity contribution in [2.45, 2.75) is 68.1 Å². The van der Waals surface area contributed by atoms with Gasteiger partial charge in [0, 0.05) is 5.56 Å². The van der Waals surface area contributed by atoms with Crippen LogP contribution >= 0.6 is 35.3 Å². The fourth-order valence-electron chi connectivity index (χ4n) is 1.94. The first-order chi connectivity index (χ1) is 10.6. The van der Waals surface area contributed by atoms with Crippen LogP contribution in [0.25, 0.3) is 0 Å². The zero-order valence-corrected chi connectivity index (χ0v) is 16.5. The lowest BCUT2D eigenvalue weighted by Crippen LogP contribution is -1.93. The van der Waals surface area contributed by atoms with Crippen LogP contribution in [0.3, 0.4) is 0 Å². The Kier molecular flexibility index (Phi) is 9.60. The molecule has 0 amide bonds. The van der Waals surface area contributed by atoms with Gasteiger partial charge in [0.15, 0.2) is 0 Å². The summed E-state index contributed by atoms with van der Waals surface area (Å²) in [5.41, 5.74) is 0.818. The van der Waals surface area contributed by atoms with Gasteiger partial charge in [-0.05, 0) is 43.4 Å². The van der Waals surface area contributed by atoms with E-state index in [1.807, 2.05) is 6.92 Å². The van der Waals surface area contributed by atoms with Gasteiger partial charge >= 0.3 is 0 Å². The van der Waals surface area contributed by atoms with Gasteiger partial charge in [0.1, 0.15) is 11.5 Å². The summed E-state index contributed by atoms with van der Waals surface area (Å²) in [7, 11) is 0. The first kappa shape index (κ1) is 19.9. The zero-order valence-electron chi connectivity index (χ0n) is 14.1. The van der Waals surface area contributed by atoms with E-state index < -0.39 is 0 Å². The van der Waals surface area contributed by atoms with Crippen LogP contribution < -0.4 is 0 Å². The number of rotatable bonds is 10. The average molecular weight is 361 g/mol. The van der Waals surface area contributed by atoms with E-state index in [0.717, 1.165) is 63.2 Å². The molecule has 0 aromatic heterocycles. The van der Waals surface area contributed by atoms with E-state index in [-0.39, 0.29) is 0 Å². The van der Waals surface area contributed by atoms with Gasteiger partial charge in [0.25, 0.3) is 0 Å². The fourth-order valence-corrected chi connectivity index (χ4v) is 5.35. The molecule has 0 heterocycles. The number of hydrogen-bond acceptors (Lipinski definition) is 5. The van der Waals surface area contributed by atoms with E-state index in [9.17, 15) is 10.2 Å². The van der Waals surface area contributed by atoms with Gasteiger partial charge in [-0.3, -0.25) is 0 Å². The maximum absolute atomic E-state index is 10.7. The standard InChI is InChI=1S/C17H28O2S3/c1-5-8-11-22-15-12(4)13(18)16(20-9-6-2)17(14(15)19)21-10-7-3/h18-19H,5-11H2,1-4H3. The highest BCUT2D eigenvalue weighted by Gasteiger charge is 2.22. The van der Waals surface area contributed by atoms with Gasteiger partial charge in [0.05, 0.1) is 14.7 Å². The molecule has 0 unspecified atom stereocenters. The van der Waals surface area contributed by atoms with Gasteiger partial charge in [-0.15, -0.1) is 35.3 Å². The highest BCUT2D eigenvalue weighted by atomic mass is 32.2. The fraction of sp³-hybridized carbons (Fsp3) is 0.647. The molecule has 5 heteroatoms. The smallest absolute Gasteiger partial charge is 0.144 e. The van der Waals surface area contributed by atoms with Crippen molar-refractivity contribution in [1.82, 2.24) is 0 Å². The Morgan fingerprint density at radius 3 is 1.68 bits per heavy atom. The molecule has 0 aliphatic heterocycles. The third-order valence-electron chi connectivity index (χ3n) is 3.19. The SMILES string of the molecule is CCCCSc1c(C)c(O)c(SCCC)c(SCCC)c1O. The predicted molar refractivity (Wildman–Crippen MR) is 102 cm³/mol. The summed E-state index contributed by atoms with van der Waals surface area (Å²) in [5.74, 6) is 3.61. The molecular formula is C17H28O2S3. The molecule has 1 aromatic carbocycles. The number of unbranched alkanes of at least 4 members (excludes halogenated alkanes) is 1. The van der Waals surface area contributed by atoms with Crippen LogP contribution in [0.1, 0.15) is 52.0 Å². The number of phenols is 2. The zero-order chi connectivity index (χ0) is 16.5. The molecule has 0 atom stereocenters.